The fourth-order valence-electron chi connectivity index (χ4n) is 4.09. The Kier molecular flexibility index (Phi) is 5.66. The van der Waals surface area contributed by atoms with E-state index in [1.165, 1.54) is 0 Å². The number of benzene rings is 2. The number of aliphatic hydroxyl groups is 1. The lowest BCUT2D eigenvalue weighted by molar-refractivity contribution is -0.0260. The third-order valence-electron chi connectivity index (χ3n) is 5.77. The van der Waals surface area contributed by atoms with Crippen LogP contribution in [0.4, 0.5) is 0 Å². The van der Waals surface area contributed by atoms with Gasteiger partial charge in [-0.3, -0.25) is 9.78 Å². The normalized spacial score (nSPS) is 18.5. The zero-order chi connectivity index (χ0) is 21.9. The summed E-state index contributed by atoms with van der Waals surface area (Å²) in [6.07, 6.45) is 5.92. The Morgan fingerprint density at radius 1 is 1.12 bits per heavy atom. The number of pyridine rings is 1. The van der Waals surface area contributed by atoms with E-state index in [0.717, 1.165) is 22.2 Å². The molecule has 2 atom stereocenters. The molecular formula is C25H24N4O3. The van der Waals surface area contributed by atoms with Gasteiger partial charge >= 0.3 is 0 Å². The van der Waals surface area contributed by atoms with Crippen molar-refractivity contribution in [3.63, 3.8) is 0 Å². The molecule has 162 valence electrons. The number of carbonyl (C=O) groups excluding carboxylic acids is 1. The van der Waals surface area contributed by atoms with Crippen molar-refractivity contribution in [2.75, 3.05) is 13.2 Å². The van der Waals surface area contributed by atoms with E-state index in [2.05, 4.69) is 33.6 Å². The number of aliphatic hydroxyl groups excluding tert-OH is 1. The number of aromatic nitrogens is 3. The first kappa shape index (κ1) is 20.4. The van der Waals surface area contributed by atoms with E-state index in [1.54, 1.807) is 12.4 Å². The van der Waals surface area contributed by atoms with Gasteiger partial charge in [0, 0.05) is 30.6 Å². The maximum Gasteiger partial charge on any atom is 0.253 e. The molecule has 5 rings (SSSR count). The van der Waals surface area contributed by atoms with E-state index in [4.69, 9.17) is 4.74 Å². The maximum absolute atomic E-state index is 13.1. The summed E-state index contributed by atoms with van der Waals surface area (Å²) < 4.78 is 7.09. The van der Waals surface area contributed by atoms with Crippen LogP contribution in [0.5, 0.6) is 0 Å². The molecule has 0 saturated carbocycles. The molecule has 0 bridgehead atoms. The Bertz CT molecular complexity index is 1220. The largest absolute Gasteiger partial charge is 0.389 e. The van der Waals surface area contributed by atoms with Crippen LogP contribution in [0.15, 0.2) is 73.2 Å². The number of hydrogen-bond donors (Lipinski definition) is 2. The number of nitrogens with zero attached hydrogens (tertiary/aromatic N) is 3. The van der Waals surface area contributed by atoms with Gasteiger partial charge in [0.05, 0.1) is 35.5 Å². The summed E-state index contributed by atoms with van der Waals surface area (Å²) in [4.78, 5) is 17.6. The van der Waals surface area contributed by atoms with Crippen molar-refractivity contribution in [3.8, 4) is 5.69 Å². The molecule has 1 fully saturated rings. The molecule has 0 unspecified atom stereocenters. The van der Waals surface area contributed by atoms with Crippen LogP contribution >= 0.6 is 0 Å². The summed E-state index contributed by atoms with van der Waals surface area (Å²) in [5.41, 5.74) is 4.33. The van der Waals surface area contributed by atoms with Gasteiger partial charge < -0.3 is 15.2 Å². The highest BCUT2D eigenvalue weighted by atomic mass is 16.5. The first-order valence-corrected chi connectivity index (χ1v) is 10.7. The second-order valence-corrected chi connectivity index (χ2v) is 8.02. The highest BCUT2D eigenvalue weighted by Crippen LogP contribution is 2.22. The zero-order valence-corrected chi connectivity index (χ0v) is 17.5. The Labute approximate surface area is 185 Å². The molecule has 1 aliphatic rings. The second kappa shape index (κ2) is 8.90. The molecule has 7 heteroatoms. The van der Waals surface area contributed by atoms with E-state index in [0.29, 0.717) is 30.5 Å². The maximum atomic E-state index is 13.1. The lowest BCUT2D eigenvalue weighted by atomic mass is 9.98. The van der Waals surface area contributed by atoms with Gasteiger partial charge in [0.25, 0.3) is 5.91 Å². The molecule has 4 aromatic rings. The van der Waals surface area contributed by atoms with E-state index in [-0.39, 0.29) is 18.6 Å². The van der Waals surface area contributed by atoms with Gasteiger partial charge in [-0.2, -0.15) is 5.10 Å². The molecule has 1 amide bonds. The van der Waals surface area contributed by atoms with Crippen LogP contribution in [-0.2, 0) is 11.2 Å². The predicted octanol–water partition coefficient (Wildman–Crippen LogP) is 2.89. The molecule has 1 aliphatic heterocycles. The standard InChI is InChI=1S/C25H24N4O3/c30-23-16-32-12-8-22(23)28-25(31)21-15-18(14-19-3-1-9-26-24(19)21)13-17-4-6-20(7-5-17)29-11-2-10-27-29/h1-7,9-11,14-15,22-23,30H,8,12-13,16H2,(H,28,31)/t22-,23-/m0/s1. The van der Waals surface area contributed by atoms with Crippen LogP contribution in [0, 0.1) is 0 Å². The lowest BCUT2D eigenvalue weighted by Gasteiger charge is -2.28. The summed E-state index contributed by atoms with van der Waals surface area (Å²) in [6.45, 7) is 0.758. The molecule has 0 aliphatic carbocycles. The van der Waals surface area contributed by atoms with Crippen molar-refractivity contribution in [3.05, 3.63) is 89.9 Å². The van der Waals surface area contributed by atoms with Crippen LogP contribution in [0.2, 0.25) is 0 Å². The van der Waals surface area contributed by atoms with Gasteiger partial charge in [0.2, 0.25) is 0 Å². The monoisotopic (exact) mass is 428 g/mol. The van der Waals surface area contributed by atoms with Gasteiger partial charge in [0.15, 0.2) is 0 Å². The van der Waals surface area contributed by atoms with E-state index < -0.39 is 6.10 Å². The third kappa shape index (κ3) is 4.26. The van der Waals surface area contributed by atoms with E-state index in [1.807, 2.05) is 47.3 Å². The zero-order valence-electron chi connectivity index (χ0n) is 17.5. The molecule has 7 nitrogen and oxygen atoms in total. The van der Waals surface area contributed by atoms with Crippen LogP contribution in [0.3, 0.4) is 0 Å². The van der Waals surface area contributed by atoms with Crippen molar-refractivity contribution < 1.29 is 14.6 Å². The minimum Gasteiger partial charge on any atom is -0.389 e. The topological polar surface area (TPSA) is 89.3 Å². The number of rotatable bonds is 5. The predicted molar refractivity (Wildman–Crippen MR) is 121 cm³/mol. The fraction of sp³-hybridized carbons (Fsp3) is 0.240. The average molecular weight is 428 g/mol. The molecule has 0 radical (unpaired) electrons. The summed E-state index contributed by atoms with van der Waals surface area (Å²) in [7, 11) is 0. The van der Waals surface area contributed by atoms with Crippen molar-refractivity contribution in [2.24, 2.45) is 0 Å². The van der Waals surface area contributed by atoms with E-state index >= 15 is 0 Å². The lowest BCUT2D eigenvalue weighted by Crippen LogP contribution is -2.48. The fourth-order valence-corrected chi connectivity index (χ4v) is 4.09. The molecule has 3 heterocycles. The third-order valence-corrected chi connectivity index (χ3v) is 5.77. The van der Waals surface area contributed by atoms with Gasteiger partial charge in [-0.1, -0.05) is 18.2 Å². The highest BCUT2D eigenvalue weighted by molar-refractivity contribution is 6.06. The van der Waals surface area contributed by atoms with Crippen LogP contribution in [0.1, 0.15) is 27.9 Å². The number of hydrogen-bond acceptors (Lipinski definition) is 5. The summed E-state index contributed by atoms with van der Waals surface area (Å²) in [5.74, 6) is -0.226. The number of ether oxygens (including phenoxy) is 1. The van der Waals surface area contributed by atoms with Crippen molar-refractivity contribution in [1.82, 2.24) is 20.1 Å². The number of carbonyl (C=O) groups is 1. The molecular weight excluding hydrogens is 404 g/mol. The molecule has 2 N–H and O–H groups in total. The van der Waals surface area contributed by atoms with Crippen LogP contribution in [-0.4, -0.2) is 51.1 Å². The quantitative estimate of drug-likeness (QED) is 0.510. The Morgan fingerprint density at radius 3 is 2.78 bits per heavy atom. The SMILES string of the molecule is O=C(N[C@H]1CCOC[C@@H]1O)c1cc(Cc2ccc(-n3cccn3)cc2)cc2cccnc12. The summed E-state index contributed by atoms with van der Waals surface area (Å²) >= 11 is 0. The van der Waals surface area contributed by atoms with Crippen molar-refractivity contribution in [2.45, 2.75) is 25.0 Å². The van der Waals surface area contributed by atoms with Gasteiger partial charge in [-0.25, -0.2) is 4.68 Å². The first-order chi connectivity index (χ1) is 15.7. The second-order valence-electron chi connectivity index (χ2n) is 8.02. The Balaban J connectivity index is 1.42. The minimum absolute atomic E-state index is 0.226. The summed E-state index contributed by atoms with van der Waals surface area (Å²) in [6, 6.07) is 17.6. The molecule has 0 spiro atoms. The van der Waals surface area contributed by atoms with Gasteiger partial charge in [-0.15, -0.1) is 0 Å². The van der Waals surface area contributed by atoms with Crippen molar-refractivity contribution in [1.29, 1.82) is 0 Å². The highest BCUT2D eigenvalue weighted by Gasteiger charge is 2.26. The summed E-state index contributed by atoms with van der Waals surface area (Å²) in [5, 5.41) is 18.3. The molecule has 2 aromatic heterocycles. The minimum atomic E-state index is -0.705. The smallest absolute Gasteiger partial charge is 0.253 e. The molecule has 1 saturated heterocycles. The van der Waals surface area contributed by atoms with Crippen LogP contribution in [0.25, 0.3) is 16.6 Å². The average Bonchev–Trinajstić information content (AvgIpc) is 3.35. The van der Waals surface area contributed by atoms with Gasteiger partial charge in [-0.05, 0) is 60.4 Å². The van der Waals surface area contributed by atoms with Gasteiger partial charge in [0.1, 0.15) is 0 Å². The Morgan fingerprint density at radius 2 is 2.00 bits per heavy atom. The van der Waals surface area contributed by atoms with E-state index in [9.17, 15) is 9.90 Å². The molecule has 2 aromatic carbocycles. The van der Waals surface area contributed by atoms with Crippen molar-refractivity contribution >= 4 is 16.8 Å². The number of amides is 1. The first-order valence-electron chi connectivity index (χ1n) is 10.7. The number of nitrogens with one attached hydrogen (secondary N) is 1. The number of fused-ring (bicyclic) bond motifs is 1. The molecule has 32 heavy (non-hydrogen) atoms. The van der Waals surface area contributed by atoms with Crippen LogP contribution < -0.4 is 5.32 Å². The Hall–Kier alpha value is -3.55.